The molecule has 4 heterocycles. The van der Waals surface area contributed by atoms with Gasteiger partial charge in [-0.1, -0.05) is 35.5 Å². The van der Waals surface area contributed by atoms with Crippen LogP contribution < -0.4 is 0 Å². The fourth-order valence-electron chi connectivity index (χ4n) is 3.97. The largest absolute Gasteiger partial charge is 0.330 e. The first-order valence-electron chi connectivity index (χ1n) is 9.96. The molecular weight excluding hydrogens is 376 g/mol. The third-order valence-corrected chi connectivity index (χ3v) is 5.36. The zero-order chi connectivity index (χ0) is 20.3. The Hall–Kier alpha value is -3.87. The van der Waals surface area contributed by atoms with Crippen LogP contribution in [-0.4, -0.2) is 42.3 Å². The molecule has 3 aromatic heterocycles. The number of rotatable bonds is 4. The maximum Gasteiger partial charge on any atom is 0.277 e. The number of benzene rings is 1. The molecule has 0 N–H and O–H groups in total. The van der Waals surface area contributed by atoms with Crippen molar-refractivity contribution in [2.75, 3.05) is 6.54 Å². The van der Waals surface area contributed by atoms with Crippen LogP contribution >= 0.6 is 0 Å². The maximum absolute atomic E-state index is 13.6. The van der Waals surface area contributed by atoms with E-state index in [-0.39, 0.29) is 11.9 Å². The highest BCUT2D eigenvalue weighted by Crippen LogP contribution is 2.34. The predicted octanol–water partition coefficient (Wildman–Crippen LogP) is 3.70. The Morgan fingerprint density at radius 2 is 1.83 bits per heavy atom. The molecule has 0 unspecified atom stereocenters. The normalized spacial score (nSPS) is 16.0. The molecular formula is C23H20N6O. The summed E-state index contributed by atoms with van der Waals surface area (Å²) >= 11 is 0. The average Bonchev–Trinajstić information content (AvgIpc) is 3.48. The van der Waals surface area contributed by atoms with Gasteiger partial charge in [0, 0.05) is 25.1 Å². The Balaban J connectivity index is 1.59. The predicted molar refractivity (Wildman–Crippen MR) is 112 cm³/mol. The molecule has 1 saturated heterocycles. The molecule has 1 amide bonds. The van der Waals surface area contributed by atoms with Gasteiger partial charge in [0.1, 0.15) is 5.69 Å². The molecule has 0 spiro atoms. The highest BCUT2D eigenvalue weighted by atomic mass is 16.2. The summed E-state index contributed by atoms with van der Waals surface area (Å²) in [4.78, 5) is 24.2. The fourth-order valence-corrected chi connectivity index (χ4v) is 3.97. The third kappa shape index (κ3) is 3.24. The lowest BCUT2D eigenvalue weighted by molar-refractivity contribution is 0.0730. The number of amides is 1. The number of hydrogen-bond donors (Lipinski definition) is 0. The van der Waals surface area contributed by atoms with E-state index in [9.17, 15) is 4.79 Å². The van der Waals surface area contributed by atoms with Crippen LogP contribution in [0.1, 0.15) is 34.9 Å². The summed E-state index contributed by atoms with van der Waals surface area (Å²) in [5.41, 5.74) is 3.44. The van der Waals surface area contributed by atoms with E-state index in [1.165, 1.54) is 0 Å². The summed E-state index contributed by atoms with van der Waals surface area (Å²) in [6.45, 7) is 0.679. The van der Waals surface area contributed by atoms with Crippen LogP contribution in [0, 0.1) is 0 Å². The first-order chi connectivity index (χ1) is 14.8. The second-order valence-electron chi connectivity index (χ2n) is 7.19. The van der Waals surface area contributed by atoms with Crippen molar-refractivity contribution < 1.29 is 4.79 Å². The summed E-state index contributed by atoms with van der Waals surface area (Å²) in [7, 11) is 0. The number of nitrogens with zero attached hydrogens (tertiary/aromatic N) is 6. The van der Waals surface area contributed by atoms with Crippen LogP contribution in [0.3, 0.4) is 0 Å². The second kappa shape index (κ2) is 7.87. The van der Waals surface area contributed by atoms with Crippen molar-refractivity contribution in [2.24, 2.45) is 0 Å². The molecule has 7 nitrogen and oxygen atoms in total. The van der Waals surface area contributed by atoms with Gasteiger partial charge in [-0.2, -0.15) is 0 Å². The van der Waals surface area contributed by atoms with Gasteiger partial charge in [0.15, 0.2) is 5.69 Å². The molecule has 148 valence electrons. The quantitative estimate of drug-likeness (QED) is 0.526. The van der Waals surface area contributed by atoms with Crippen LogP contribution in [-0.2, 0) is 0 Å². The van der Waals surface area contributed by atoms with Gasteiger partial charge in [-0.05, 0) is 48.7 Å². The van der Waals surface area contributed by atoms with Gasteiger partial charge in [0.05, 0.1) is 17.4 Å². The molecule has 1 aliphatic rings. The third-order valence-electron chi connectivity index (χ3n) is 5.36. The highest BCUT2D eigenvalue weighted by Gasteiger charge is 2.34. The number of aromatic nitrogens is 5. The minimum absolute atomic E-state index is 0.00958. The lowest BCUT2D eigenvalue weighted by Gasteiger charge is -2.24. The first kappa shape index (κ1) is 18.2. The van der Waals surface area contributed by atoms with Crippen molar-refractivity contribution in [1.82, 2.24) is 29.9 Å². The Morgan fingerprint density at radius 3 is 2.60 bits per heavy atom. The van der Waals surface area contributed by atoms with E-state index in [1.54, 1.807) is 17.1 Å². The van der Waals surface area contributed by atoms with Crippen LogP contribution in [0.15, 0.2) is 79.3 Å². The number of hydrogen-bond acceptors (Lipinski definition) is 5. The Labute approximate surface area is 174 Å². The molecule has 30 heavy (non-hydrogen) atoms. The first-order valence-corrected chi connectivity index (χ1v) is 9.96. The summed E-state index contributed by atoms with van der Waals surface area (Å²) in [5, 5.41) is 8.63. The second-order valence-corrected chi connectivity index (χ2v) is 7.19. The van der Waals surface area contributed by atoms with Gasteiger partial charge in [-0.25, -0.2) is 4.68 Å². The van der Waals surface area contributed by atoms with Gasteiger partial charge < -0.3 is 4.90 Å². The van der Waals surface area contributed by atoms with Crippen LogP contribution in [0.25, 0.3) is 17.1 Å². The monoisotopic (exact) mass is 396 g/mol. The highest BCUT2D eigenvalue weighted by molar-refractivity contribution is 5.98. The number of likely N-dealkylation sites (tertiary alicyclic amines) is 1. The van der Waals surface area contributed by atoms with Crippen LogP contribution in [0.5, 0.6) is 0 Å². The van der Waals surface area contributed by atoms with Crippen molar-refractivity contribution >= 4 is 5.91 Å². The molecule has 5 rings (SSSR count). The van der Waals surface area contributed by atoms with Crippen LogP contribution in [0.4, 0.5) is 0 Å². The fraction of sp³-hybridized carbons (Fsp3) is 0.174. The van der Waals surface area contributed by atoms with Crippen LogP contribution in [0.2, 0.25) is 0 Å². The van der Waals surface area contributed by atoms with Crippen molar-refractivity contribution in [3.63, 3.8) is 0 Å². The lowest BCUT2D eigenvalue weighted by Crippen LogP contribution is -2.31. The number of carbonyl (C=O) groups is 1. The van der Waals surface area contributed by atoms with Gasteiger partial charge in [-0.3, -0.25) is 14.8 Å². The SMILES string of the molecule is O=C(c1nnn(-c2ccccc2)c1-c1ccccn1)N1CCC[C@@H]1c1cccnc1. The van der Waals surface area contributed by atoms with E-state index in [2.05, 4.69) is 20.3 Å². The van der Waals surface area contributed by atoms with E-state index < -0.39 is 0 Å². The maximum atomic E-state index is 13.6. The van der Waals surface area contributed by atoms with Crippen molar-refractivity contribution in [2.45, 2.75) is 18.9 Å². The molecule has 1 fully saturated rings. The number of carbonyl (C=O) groups excluding carboxylic acids is 1. The van der Waals surface area contributed by atoms with Crippen molar-refractivity contribution in [3.05, 3.63) is 90.5 Å². The van der Waals surface area contributed by atoms with E-state index in [0.717, 1.165) is 24.1 Å². The zero-order valence-corrected chi connectivity index (χ0v) is 16.3. The molecule has 4 aromatic rings. The molecule has 0 bridgehead atoms. The molecule has 1 atom stereocenters. The van der Waals surface area contributed by atoms with Gasteiger partial charge in [-0.15, -0.1) is 5.10 Å². The molecule has 0 aliphatic carbocycles. The van der Waals surface area contributed by atoms with E-state index >= 15 is 0 Å². The van der Waals surface area contributed by atoms with Gasteiger partial charge in [0.25, 0.3) is 5.91 Å². The Morgan fingerprint density at radius 1 is 0.967 bits per heavy atom. The Bertz CT molecular complexity index is 1140. The topological polar surface area (TPSA) is 76.8 Å². The van der Waals surface area contributed by atoms with Gasteiger partial charge >= 0.3 is 0 Å². The molecule has 1 aromatic carbocycles. The smallest absolute Gasteiger partial charge is 0.277 e. The number of para-hydroxylation sites is 1. The minimum Gasteiger partial charge on any atom is -0.330 e. The molecule has 0 radical (unpaired) electrons. The lowest BCUT2D eigenvalue weighted by atomic mass is 10.1. The average molecular weight is 396 g/mol. The summed E-state index contributed by atoms with van der Waals surface area (Å²) in [6, 6.07) is 19.2. The zero-order valence-electron chi connectivity index (χ0n) is 16.3. The Kier molecular flexibility index (Phi) is 4.77. The standard InChI is InChI=1S/C23H20N6O/c30-23(28-15-7-12-20(28)17-8-6-13-24-16-17)21-22(19-11-4-5-14-25-19)29(27-26-21)18-9-2-1-3-10-18/h1-6,8-11,13-14,16,20H,7,12,15H2/t20-/m1/s1. The summed E-state index contributed by atoms with van der Waals surface area (Å²) in [6.07, 6.45) is 7.13. The summed E-state index contributed by atoms with van der Waals surface area (Å²) < 4.78 is 1.69. The van der Waals surface area contributed by atoms with Crippen molar-refractivity contribution in [3.8, 4) is 17.1 Å². The van der Waals surface area contributed by atoms with E-state index in [1.807, 2.05) is 71.8 Å². The summed E-state index contributed by atoms with van der Waals surface area (Å²) in [5.74, 6) is -0.135. The molecule has 1 aliphatic heterocycles. The van der Waals surface area contributed by atoms with E-state index in [0.29, 0.717) is 23.6 Å². The van der Waals surface area contributed by atoms with Crippen molar-refractivity contribution in [1.29, 1.82) is 0 Å². The minimum atomic E-state index is -0.135. The van der Waals surface area contributed by atoms with E-state index in [4.69, 9.17) is 0 Å². The molecule has 0 saturated carbocycles. The molecule has 7 heteroatoms. The van der Waals surface area contributed by atoms with Gasteiger partial charge in [0.2, 0.25) is 0 Å². The number of pyridine rings is 2.